The second-order valence-corrected chi connectivity index (χ2v) is 7.87. The zero-order chi connectivity index (χ0) is 19.4. The van der Waals surface area contributed by atoms with Crippen LogP contribution in [0.3, 0.4) is 0 Å². The lowest BCUT2D eigenvalue weighted by molar-refractivity contribution is -0.116. The molecule has 0 unspecified atom stereocenters. The van der Waals surface area contributed by atoms with E-state index in [4.69, 9.17) is 9.47 Å². The topological polar surface area (TPSA) is 84.9 Å². The molecule has 1 N–H and O–H groups in total. The van der Waals surface area contributed by atoms with Gasteiger partial charge >= 0.3 is 0 Å². The number of ether oxygens (including phenoxy) is 2. The number of nitrogens with one attached hydrogen (secondary N) is 1. The molecular weight excluding hydrogens is 368 g/mol. The van der Waals surface area contributed by atoms with Crippen molar-refractivity contribution in [2.24, 2.45) is 0 Å². The van der Waals surface area contributed by atoms with Gasteiger partial charge in [-0.25, -0.2) is 13.1 Å². The van der Waals surface area contributed by atoms with Gasteiger partial charge in [0, 0.05) is 31.8 Å². The molecule has 1 aliphatic rings. The molecule has 0 aromatic heterocycles. The van der Waals surface area contributed by atoms with Crippen molar-refractivity contribution in [3.05, 3.63) is 48.0 Å². The number of fused-ring (bicyclic) bond motifs is 1. The van der Waals surface area contributed by atoms with Crippen molar-refractivity contribution < 1.29 is 22.7 Å². The summed E-state index contributed by atoms with van der Waals surface area (Å²) in [5.41, 5.74) is 1.91. The van der Waals surface area contributed by atoms with E-state index in [1.807, 2.05) is 24.3 Å². The number of hydrogen-bond acceptors (Lipinski definition) is 5. The van der Waals surface area contributed by atoms with Gasteiger partial charge in [-0.1, -0.05) is 19.1 Å². The van der Waals surface area contributed by atoms with Crippen molar-refractivity contribution in [1.82, 2.24) is 4.72 Å². The van der Waals surface area contributed by atoms with Gasteiger partial charge in [-0.2, -0.15) is 0 Å². The molecule has 0 atom stereocenters. The third kappa shape index (κ3) is 4.40. The van der Waals surface area contributed by atoms with Gasteiger partial charge in [-0.15, -0.1) is 0 Å². The highest BCUT2D eigenvalue weighted by Gasteiger charge is 2.20. The number of hydrogen-bond donors (Lipinski definition) is 1. The largest absolute Gasteiger partial charge is 0.454 e. The Morgan fingerprint density at radius 3 is 2.48 bits per heavy atom. The number of anilines is 1. The maximum absolute atomic E-state index is 12.5. The Kier molecular flexibility index (Phi) is 5.67. The molecule has 0 fully saturated rings. The third-order valence-electron chi connectivity index (χ3n) is 4.32. The molecule has 2 aromatic carbocycles. The Balaban J connectivity index is 1.66. The Morgan fingerprint density at radius 1 is 1.11 bits per heavy atom. The lowest BCUT2D eigenvalue weighted by Crippen LogP contribution is -2.37. The highest BCUT2D eigenvalue weighted by Crippen LogP contribution is 2.33. The minimum Gasteiger partial charge on any atom is -0.454 e. The summed E-state index contributed by atoms with van der Waals surface area (Å²) in [7, 11) is -3.72. The number of aryl methyl sites for hydroxylation is 1. The molecule has 0 saturated heterocycles. The highest BCUT2D eigenvalue weighted by molar-refractivity contribution is 7.89. The van der Waals surface area contributed by atoms with Crippen molar-refractivity contribution in [3.63, 3.8) is 0 Å². The van der Waals surface area contributed by atoms with Crippen LogP contribution in [0.15, 0.2) is 47.4 Å². The number of carbonyl (C=O) groups excluding carboxylic acids is 1. The fraction of sp³-hybridized carbons (Fsp3) is 0.316. The molecule has 144 valence electrons. The van der Waals surface area contributed by atoms with Crippen LogP contribution in [0.4, 0.5) is 5.69 Å². The first-order valence-corrected chi connectivity index (χ1v) is 10.2. The summed E-state index contributed by atoms with van der Waals surface area (Å²) in [5, 5.41) is 0. The zero-order valence-corrected chi connectivity index (χ0v) is 16.1. The summed E-state index contributed by atoms with van der Waals surface area (Å²) in [4.78, 5) is 13.6. The maximum Gasteiger partial charge on any atom is 0.240 e. The van der Waals surface area contributed by atoms with E-state index in [2.05, 4.69) is 11.6 Å². The van der Waals surface area contributed by atoms with E-state index in [1.54, 1.807) is 11.0 Å². The summed E-state index contributed by atoms with van der Waals surface area (Å²) in [6.45, 7) is 3.91. The second-order valence-electron chi connectivity index (χ2n) is 6.10. The van der Waals surface area contributed by atoms with Crippen LogP contribution >= 0.6 is 0 Å². The first-order chi connectivity index (χ1) is 12.9. The van der Waals surface area contributed by atoms with E-state index in [-0.39, 0.29) is 30.7 Å². The second kappa shape index (κ2) is 7.98. The average Bonchev–Trinajstić information content (AvgIpc) is 3.13. The highest BCUT2D eigenvalue weighted by atomic mass is 32.2. The molecule has 0 bridgehead atoms. The molecule has 0 spiro atoms. The number of sulfonamides is 1. The number of amides is 1. The molecule has 3 rings (SSSR count). The molecule has 0 saturated carbocycles. The van der Waals surface area contributed by atoms with E-state index in [1.165, 1.54) is 24.6 Å². The van der Waals surface area contributed by atoms with Crippen molar-refractivity contribution in [1.29, 1.82) is 0 Å². The number of carbonyl (C=O) groups is 1. The molecular formula is C19H22N2O5S. The van der Waals surface area contributed by atoms with E-state index in [0.717, 1.165) is 12.1 Å². The van der Waals surface area contributed by atoms with E-state index >= 15 is 0 Å². The zero-order valence-electron chi connectivity index (χ0n) is 15.3. The maximum atomic E-state index is 12.5. The minimum absolute atomic E-state index is 0.0800. The quantitative estimate of drug-likeness (QED) is 0.784. The third-order valence-corrected chi connectivity index (χ3v) is 5.78. The summed E-state index contributed by atoms with van der Waals surface area (Å²) >= 11 is 0. The van der Waals surface area contributed by atoms with E-state index in [9.17, 15) is 13.2 Å². The normalized spacial score (nSPS) is 12.8. The molecule has 1 amide bonds. The average molecular weight is 390 g/mol. The smallest absolute Gasteiger partial charge is 0.240 e. The lowest BCUT2D eigenvalue weighted by atomic mass is 10.1. The fourth-order valence-corrected chi connectivity index (χ4v) is 3.84. The minimum atomic E-state index is -3.72. The van der Waals surface area contributed by atoms with Crippen molar-refractivity contribution in [2.45, 2.75) is 25.2 Å². The van der Waals surface area contributed by atoms with Crippen LogP contribution in [-0.4, -0.2) is 34.2 Å². The van der Waals surface area contributed by atoms with Crippen LogP contribution in [0.5, 0.6) is 11.5 Å². The fourth-order valence-electron chi connectivity index (χ4n) is 2.80. The summed E-state index contributed by atoms with van der Waals surface area (Å²) in [6, 6.07) is 12.1. The first kappa shape index (κ1) is 19.2. The number of nitrogens with zero attached hydrogens (tertiary/aromatic N) is 1. The van der Waals surface area contributed by atoms with Gasteiger partial charge in [-0.3, -0.25) is 4.79 Å². The monoisotopic (exact) mass is 390 g/mol. The van der Waals surface area contributed by atoms with Crippen LogP contribution in [0, 0.1) is 0 Å². The van der Waals surface area contributed by atoms with Crippen molar-refractivity contribution >= 4 is 21.6 Å². The van der Waals surface area contributed by atoms with Gasteiger partial charge in [0.2, 0.25) is 22.7 Å². The van der Waals surface area contributed by atoms with Crippen LogP contribution in [0.25, 0.3) is 0 Å². The predicted molar refractivity (Wildman–Crippen MR) is 102 cm³/mol. The van der Waals surface area contributed by atoms with Crippen LogP contribution < -0.4 is 19.1 Å². The number of rotatable bonds is 7. The van der Waals surface area contributed by atoms with Gasteiger partial charge in [0.15, 0.2) is 11.5 Å². The summed E-state index contributed by atoms with van der Waals surface area (Å²) in [5.74, 6) is 0.771. The van der Waals surface area contributed by atoms with E-state index < -0.39 is 10.0 Å². The van der Waals surface area contributed by atoms with Crippen LogP contribution in [0.1, 0.15) is 19.4 Å². The number of benzene rings is 2. The van der Waals surface area contributed by atoms with Gasteiger partial charge in [0.1, 0.15) is 0 Å². The molecule has 0 radical (unpaired) electrons. The van der Waals surface area contributed by atoms with Gasteiger partial charge < -0.3 is 14.4 Å². The van der Waals surface area contributed by atoms with Crippen molar-refractivity contribution in [3.8, 4) is 11.5 Å². The van der Waals surface area contributed by atoms with Crippen molar-refractivity contribution in [2.75, 3.05) is 24.8 Å². The standard InChI is InChI=1S/C19H22N2O5S/c1-3-15-4-6-16(7-5-15)21(14(2)22)11-10-20-27(23,24)17-8-9-18-19(12-17)26-13-25-18/h4-9,12,20H,3,10-11,13H2,1-2H3. The van der Waals surface area contributed by atoms with Crippen LogP contribution in [-0.2, 0) is 21.2 Å². The predicted octanol–water partition coefficient (Wildman–Crippen LogP) is 2.31. The first-order valence-electron chi connectivity index (χ1n) is 8.67. The molecule has 27 heavy (non-hydrogen) atoms. The Labute approximate surface area is 158 Å². The Morgan fingerprint density at radius 2 is 1.81 bits per heavy atom. The molecule has 2 aromatic rings. The Bertz CT molecular complexity index is 926. The molecule has 1 aliphatic heterocycles. The lowest BCUT2D eigenvalue weighted by Gasteiger charge is -2.21. The summed E-state index contributed by atoms with van der Waals surface area (Å²) in [6.07, 6.45) is 0.912. The van der Waals surface area contributed by atoms with E-state index in [0.29, 0.717) is 11.5 Å². The Hall–Kier alpha value is -2.58. The molecule has 0 aliphatic carbocycles. The van der Waals surface area contributed by atoms with Gasteiger partial charge in [-0.05, 0) is 36.2 Å². The molecule has 1 heterocycles. The molecule has 8 heteroatoms. The SMILES string of the molecule is CCc1ccc(N(CCNS(=O)(=O)c2ccc3c(c2)OCO3)C(C)=O)cc1. The summed E-state index contributed by atoms with van der Waals surface area (Å²) < 4.78 is 37.9. The van der Waals surface area contributed by atoms with Gasteiger partial charge in [0.25, 0.3) is 0 Å². The molecule has 7 nitrogen and oxygen atoms in total. The van der Waals surface area contributed by atoms with Crippen LogP contribution in [0.2, 0.25) is 0 Å². The van der Waals surface area contributed by atoms with Gasteiger partial charge in [0.05, 0.1) is 4.90 Å².